The fourth-order valence-corrected chi connectivity index (χ4v) is 1.49. The molecule has 0 aliphatic carbocycles. The Balaban J connectivity index is 2.50. The van der Waals surface area contributed by atoms with Crippen molar-refractivity contribution in [2.45, 2.75) is 13.8 Å². The van der Waals surface area contributed by atoms with Crippen molar-refractivity contribution in [1.82, 2.24) is 4.98 Å². The third-order valence-electron chi connectivity index (χ3n) is 2.41. The number of aryl methyl sites for hydroxylation is 1. The molecule has 0 bridgehead atoms. The molecule has 0 saturated heterocycles. The lowest BCUT2D eigenvalue weighted by Gasteiger charge is -1.99. The zero-order chi connectivity index (χ0) is 12.4. The van der Waals surface area contributed by atoms with E-state index in [1.165, 1.54) is 14.0 Å². The molecule has 0 N–H and O–H groups in total. The predicted octanol–water partition coefficient (Wildman–Crippen LogP) is 2.86. The Labute approximate surface area is 99.2 Å². The van der Waals surface area contributed by atoms with Crippen molar-refractivity contribution in [3.05, 3.63) is 35.7 Å². The fourth-order valence-electron chi connectivity index (χ4n) is 1.49. The van der Waals surface area contributed by atoms with Crippen LogP contribution in [-0.2, 0) is 0 Å². The van der Waals surface area contributed by atoms with E-state index in [4.69, 9.17) is 9.15 Å². The molecule has 4 heteroatoms. The van der Waals surface area contributed by atoms with Gasteiger partial charge in [-0.3, -0.25) is 4.79 Å². The second kappa shape index (κ2) is 4.41. The lowest BCUT2D eigenvalue weighted by Crippen LogP contribution is -1.91. The number of methoxy groups -OCH3 is 1. The molecule has 0 fully saturated rings. The second-order valence-corrected chi connectivity index (χ2v) is 3.78. The lowest BCUT2D eigenvalue weighted by atomic mass is 10.1. The number of nitrogens with zero attached hydrogens (tertiary/aromatic N) is 1. The van der Waals surface area contributed by atoms with Gasteiger partial charge in [0.25, 0.3) is 5.89 Å². The highest BCUT2D eigenvalue weighted by Crippen LogP contribution is 2.30. The Morgan fingerprint density at radius 1 is 1.29 bits per heavy atom. The normalized spacial score (nSPS) is 10.3. The summed E-state index contributed by atoms with van der Waals surface area (Å²) in [5.74, 6) is 0.109. The number of ketones is 1. The van der Waals surface area contributed by atoms with Gasteiger partial charge in [-0.05, 0) is 6.92 Å². The van der Waals surface area contributed by atoms with E-state index in [2.05, 4.69) is 4.98 Å². The number of aromatic nitrogens is 1. The number of rotatable bonds is 3. The van der Waals surface area contributed by atoms with Crippen molar-refractivity contribution >= 4 is 5.78 Å². The highest BCUT2D eigenvalue weighted by molar-refractivity contribution is 5.90. The van der Waals surface area contributed by atoms with E-state index in [9.17, 15) is 4.79 Å². The van der Waals surface area contributed by atoms with Crippen molar-refractivity contribution in [3.8, 4) is 17.2 Å². The standard InChI is InChI=1S/C13H13NO3/c1-8-4-6-10(7-5-8)11-13(16-3)17-12(14-11)9(2)15/h4-7H,1-3H3. The van der Waals surface area contributed by atoms with Crippen LogP contribution in [0.25, 0.3) is 11.3 Å². The van der Waals surface area contributed by atoms with E-state index in [1.54, 1.807) is 0 Å². The average Bonchev–Trinajstić information content (AvgIpc) is 2.74. The van der Waals surface area contributed by atoms with Crippen molar-refractivity contribution in [2.24, 2.45) is 0 Å². The molecule has 0 amide bonds. The molecule has 0 saturated carbocycles. The van der Waals surface area contributed by atoms with Gasteiger partial charge in [-0.15, -0.1) is 0 Å². The first kappa shape index (κ1) is 11.4. The van der Waals surface area contributed by atoms with Crippen LogP contribution in [-0.4, -0.2) is 17.9 Å². The number of hydrogen-bond acceptors (Lipinski definition) is 4. The highest BCUT2D eigenvalue weighted by atomic mass is 16.6. The summed E-state index contributed by atoms with van der Waals surface area (Å²) in [4.78, 5) is 15.3. The summed E-state index contributed by atoms with van der Waals surface area (Å²) in [6.45, 7) is 3.41. The zero-order valence-corrected chi connectivity index (χ0v) is 9.98. The maximum Gasteiger partial charge on any atom is 0.313 e. The summed E-state index contributed by atoms with van der Waals surface area (Å²) in [6, 6.07) is 7.77. The van der Waals surface area contributed by atoms with Crippen LogP contribution in [0.3, 0.4) is 0 Å². The third kappa shape index (κ3) is 2.20. The molecule has 1 aromatic heterocycles. The molecule has 0 aliphatic heterocycles. The Bertz CT molecular complexity index is 540. The molecule has 2 rings (SSSR count). The van der Waals surface area contributed by atoms with Crippen LogP contribution in [0.1, 0.15) is 23.2 Å². The molecule has 1 aromatic carbocycles. The number of ether oxygens (including phenoxy) is 1. The molecule has 4 nitrogen and oxygen atoms in total. The van der Waals surface area contributed by atoms with Crippen molar-refractivity contribution in [2.75, 3.05) is 7.11 Å². The summed E-state index contributed by atoms with van der Waals surface area (Å²) in [7, 11) is 1.49. The molecule has 0 unspecified atom stereocenters. The number of Topliss-reactive ketones (excluding diaryl/α,β-unsaturated/α-hetero) is 1. The monoisotopic (exact) mass is 231 g/mol. The van der Waals surface area contributed by atoms with Gasteiger partial charge < -0.3 is 9.15 Å². The van der Waals surface area contributed by atoms with Gasteiger partial charge >= 0.3 is 5.95 Å². The van der Waals surface area contributed by atoms with Crippen LogP contribution in [0, 0.1) is 6.92 Å². The molecule has 0 spiro atoms. The number of carbonyl (C=O) groups is 1. The Morgan fingerprint density at radius 2 is 1.94 bits per heavy atom. The number of carbonyl (C=O) groups excluding carboxylic acids is 1. The van der Waals surface area contributed by atoms with Gasteiger partial charge in [0.05, 0.1) is 7.11 Å². The van der Waals surface area contributed by atoms with E-state index in [1.807, 2.05) is 31.2 Å². The summed E-state index contributed by atoms with van der Waals surface area (Å²) in [5, 5.41) is 0. The van der Waals surface area contributed by atoms with Crippen molar-refractivity contribution in [1.29, 1.82) is 0 Å². The fraction of sp³-hybridized carbons (Fsp3) is 0.231. The largest absolute Gasteiger partial charge is 0.467 e. The lowest BCUT2D eigenvalue weighted by molar-refractivity contribution is 0.0974. The summed E-state index contributed by atoms with van der Waals surface area (Å²) in [6.07, 6.45) is 0. The smallest absolute Gasteiger partial charge is 0.313 e. The van der Waals surface area contributed by atoms with Gasteiger partial charge in [0, 0.05) is 12.5 Å². The predicted molar refractivity (Wildman–Crippen MR) is 63.2 cm³/mol. The maximum atomic E-state index is 11.2. The topological polar surface area (TPSA) is 52.3 Å². The summed E-state index contributed by atoms with van der Waals surface area (Å²) < 4.78 is 10.3. The third-order valence-corrected chi connectivity index (χ3v) is 2.41. The van der Waals surface area contributed by atoms with E-state index < -0.39 is 0 Å². The minimum Gasteiger partial charge on any atom is -0.467 e. The van der Waals surface area contributed by atoms with Gasteiger partial charge in [-0.2, -0.15) is 0 Å². The summed E-state index contributed by atoms with van der Waals surface area (Å²) >= 11 is 0. The van der Waals surface area contributed by atoms with Gasteiger partial charge in [0.15, 0.2) is 5.69 Å². The molecule has 17 heavy (non-hydrogen) atoms. The maximum absolute atomic E-state index is 11.2. The molecule has 2 aromatic rings. The minimum atomic E-state index is -0.221. The zero-order valence-electron chi connectivity index (χ0n) is 9.98. The van der Waals surface area contributed by atoms with Crippen molar-refractivity contribution in [3.63, 3.8) is 0 Å². The first-order valence-corrected chi connectivity index (χ1v) is 5.24. The quantitative estimate of drug-likeness (QED) is 0.762. The molecule has 0 aliphatic rings. The molecule has 1 heterocycles. The minimum absolute atomic E-state index is 0.0671. The average molecular weight is 231 g/mol. The van der Waals surface area contributed by atoms with Gasteiger partial charge in [-0.1, -0.05) is 29.8 Å². The Morgan fingerprint density at radius 3 is 2.47 bits per heavy atom. The van der Waals surface area contributed by atoms with Gasteiger partial charge in [0.2, 0.25) is 5.78 Å². The Hall–Kier alpha value is -2.10. The number of benzene rings is 1. The number of oxazole rings is 1. The van der Waals surface area contributed by atoms with Crippen LogP contribution in [0.5, 0.6) is 5.95 Å². The van der Waals surface area contributed by atoms with Crippen LogP contribution in [0.15, 0.2) is 28.7 Å². The van der Waals surface area contributed by atoms with E-state index >= 15 is 0 Å². The Kier molecular flexibility index (Phi) is 2.95. The first-order chi connectivity index (χ1) is 8.11. The first-order valence-electron chi connectivity index (χ1n) is 5.24. The highest BCUT2D eigenvalue weighted by Gasteiger charge is 2.17. The number of hydrogen-bond donors (Lipinski definition) is 0. The SMILES string of the molecule is COc1oc(C(C)=O)nc1-c1ccc(C)cc1. The van der Waals surface area contributed by atoms with E-state index in [0.717, 1.165) is 11.1 Å². The molecule has 0 radical (unpaired) electrons. The second-order valence-electron chi connectivity index (χ2n) is 3.78. The van der Waals surface area contributed by atoms with Crippen LogP contribution >= 0.6 is 0 Å². The molecule has 0 atom stereocenters. The molecule has 88 valence electrons. The molecular formula is C13H13NO3. The van der Waals surface area contributed by atoms with Gasteiger partial charge in [0.1, 0.15) is 0 Å². The molecular weight excluding hydrogens is 218 g/mol. The van der Waals surface area contributed by atoms with E-state index in [0.29, 0.717) is 5.69 Å². The van der Waals surface area contributed by atoms with Gasteiger partial charge in [-0.25, -0.2) is 4.98 Å². The van der Waals surface area contributed by atoms with Crippen molar-refractivity contribution < 1.29 is 13.9 Å². The summed E-state index contributed by atoms with van der Waals surface area (Å²) in [5.41, 5.74) is 2.57. The van der Waals surface area contributed by atoms with Crippen LogP contribution in [0.2, 0.25) is 0 Å². The van der Waals surface area contributed by atoms with Crippen LogP contribution < -0.4 is 4.74 Å². The van der Waals surface area contributed by atoms with Crippen LogP contribution in [0.4, 0.5) is 0 Å². The van der Waals surface area contributed by atoms with E-state index in [-0.39, 0.29) is 17.6 Å².